The molecule has 0 fully saturated rings. The Balaban J connectivity index is 2.66. The molecule has 104 valence electrons. The number of rotatable bonds is 6. The van der Waals surface area contributed by atoms with Crippen LogP contribution in [0.2, 0.25) is 0 Å². The first kappa shape index (κ1) is 15.2. The lowest BCUT2D eigenvalue weighted by Crippen LogP contribution is -2.21. The van der Waals surface area contributed by atoms with Crippen LogP contribution >= 0.6 is 0 Å². The zero-order chi connectivity index (χ0) is 14.3. The first-order chi connectivity index (χ1) is 9.10. The van der Waals surface area contributed by atoms with Gasteiger partial charge in [-0.05, 0) is 30.7 Å². The SMILES string of the molecule is CCC(CN)CC(=O)Nc1cccc(C(=O)OC)c1. The minimum atomic E-state index is -0.426. The molecule has 0 saturated heterocycles. The molecule has 1 unspecified atom stereocenters. The van der Waals surface area contributed by atoms with Gasteiger partial charge in [-0.25, -0.2) is 4.79 Å². The Morgan fingerprint density at radius 1 is 1.42 bits per heavy atom. The van der Waals surface area contributed by atoms with E-state index in [1.165, 1.54) is 7.11 Å². The second-order valence-electron chi connectivity index (χ2n) is 4.33. The van der Waals surface area contributed by atoms with E-state index in [1.54, 1.807) is 24.3 Å². The molecule has 5 heteroatoms. The van der Waals surface area contributed by atoms with E-state index in [2.05, 4.69) is 10.1 Å². The van der Waals surface area contributed by atoms with Crippen LogP contribution < -0.4 is 11.1 Å². The van der Waals surface area contributed by atoms with Crippen molar-refractivity contribution in [2.24, 2.45) is 11.7 Å². The molecule has 0 bridgehead atoms. The summed E-state index contributed by atoms with van der Waals surface area (Å²) in [6.45, 7) is 2.49. The number of benzene rings is 1. The average Bonchev–Trinajstić information content (AvgIpc) is 2.44. The van der Waals surface area contributed by atoms with Gasteiger partial charge in [-0.15, -0.1) is 0 Å². The Morgan fingerprint density at radius 2 is 2.16 bits per heavy atom. The van der Waals surface area contributed by atoms with Gasteiger partial charge in [0, 0.05) is 12.1 Å². The van der Waals surface area contributed by atoms with Crippen molar-refractivity contribution in [3.05, 3.63) is 29.8 Å². The highest BCUT2D eigenvalue weighted by Gasteiger charge is 2.11. The average molecular weight is 264 g/mol. The van der Waals surface area contributed by atoms with Gasteiger partial charge in [0.15, 0.2) is 0 Å². The smallest absolute Gasteiger partial charge is 0.337 e. The van der Waals surface area contributed by atoms with Crippen LogP contribution in [0.15, 0.2) is 24.3 Å². The number of nitrogens with two attached hydrogens (primary N) is 1. The number of methoxy groups -OCH3 is 1. The number of hydrogen-bond acceptors (Lipinski definition) is 4. The molecule has 1 atom stereocenters. The number of esters is 1. The molecule has 0 aliphatic rings. The molecule has 0 aromatic heterocycles. The summed E-state index contributed by atoms with van der Waals surface area (Å²) in [6.07, 6.45) is 1.25. The monoisotopic (exact) mass is 264 g/mol. The molecule has 1 amide bonds. The maximum Gasteiger partial charge on any atom is 0.337 e. The van der Waals surface area contributed by atoms with Gasteiger partial charge in [0.2, 0.25) is 5.91 Å². The molecule has 1 aromatic carbocycles. The standard InChI is InChI=1S/C14H20N2O3/c1-3-10(9-15)7-13(17)16-12-6-4-5-11(8-12)14(18)19-2/h4-6,8,10H,3,7,9,15H2,1-2H3,(H,16,17). The zero-order valence-corrected chi connectivity index (χ0v) is 11.3. The Bertz CT molecular complexity index is 442. The quantitative estimate of drug-likeness (QED) is 0.767. The molecule has 5 nitrogen and oxygen atoms in total. The molecule has 0 saturated carbocycles. The van der Waals surface area contributed by atoms with Gasteiger partial charge < -0.3 is 15.8 Å². The molecule has 1 aromatic rings. The normalized spacial score (nSPS) is 11.7. The van der Waals surface area contributed by atoms with Crippen LogP contribution in [0.4, 0.5) is 5.69 Å². The largest absolute Gasteiger partial charge is 0.465 e. The number of carbonyl (C=O) groups excluding carboxylic acids is 2. The van der Waals surface area contributed by atoms with Crippen molar-refractivity contribution in [2.45, 2.75) is 19.8 Å². The van der Waals surface area contributed by atoms with E-state index in [4.69, 9.17) is 5.73 Å². The van der Waals surface area contributed by atoms with E-state index in [-0.39, 0.29) is 11.8 Å². The van der Waals surface area contributed by atoms with E-state index in [1.807, 2.05) is 6.92 Å². The van der Waals surface area contributed by atoms with Crippen LogP contribution in [0.25, 0.3) is 0 Å². The fourth-order valence-corrected chi connectivity index (χ4v) is 1.71. The van der Waals surface area contributed by atoms with E-state index in [9.17, 15) is 9.59 Å². The van der Waals surface area contributed by atoms with Crippen molar-refractivity contribution in [3.8, 4) is 0 Å². The molecule has 0 spiro atoms. The predicted octanol–water partition coefficient (Wildman–Crippen LogP) is 1.79. The molecule has 1 rings (SSSR count). The molecule has 19 heavy (non-hydrogen) atoms. The Labute approximate surface area is 113 Å². The van der Waals surface area contributed by atoms with Gasteiger partial charge in [0.05, 0.1) is 12.7 Å². The van der Waals surface area contributed by atoms with Gasteiger partial charge in [0.25, 0.3) is 0 Å². The summed E-state index contributed by atoms with van der Waals surface area (Å²) >= 11 is 0. The van der Waals surface area contributed by atoms with Crippen LogP contribution in [0.3, 0.4) is 0 Å². The predicted molar refractivity (Wildman–Crippen MR) is 73.9 cm³/mol. The molecule has 0 radical (unpaired) electrons. The second-order valence-corrected chi connectivity index (χ2v) is 4.33. The van der Waals surface area contributed by atoms with E-state index in [0.29, 0.717) is 24.2 Å². The summed E-state index contributed by atoms with van der Waals surface area (Å²) in [5.74, 6) is -0.340. The van der Waals surface area contributed by atoms with Gasteiger partial charge in [-0.2, -0.15) is 0 Å². The van der Waals surface area contributed by atoms with Crippen molar-refractivity contribution in [3.63, 3.8) is 0 Å². The summed E-state index contributed by atoms with van der Waals surface area (Å²) in [4.78, 5) is 23.2. The molecular formula is C14H20N2O3. The maximum absolute atomic E-state index is 11.8. The van der Waals surface area contributed by atoms with Crippen LogP contribution in [0.1, 0.15) is 30.1 Å². The van der Waals surface area contributed by atoms with Crippen LogP contribution in [0, 0.1) is 5.92 Å². The van der Waals surface area contributed by atoms with Crippen LogP contribution in [0.5, 0.6) is 0 Å². The molecule has 0 heterocycles. The van der Waals surface area contributed by atoms with Gasteiger partial charge in [-0.3, -0.25) is 4.79 Å². The number of nitrogens with one attached hydrogen (secondary N) is 1. The third-order valence-electron chi connectivity index (χ3n) is 2.95. The number of carbonyl (C=O) groups is 2. The van der Waals surface area contributed by atoms with Gasteiger partial charge in [0.1, 0.15) is 0 Å². The molecule has 0 aliphatic carbocycles. The van der Waals surface area contributed by atoms with Crippen molar-refractivity contribution < 1.29 is 14.3 Å². The number of hydrogen-bond donors (Lipinski definition) is 2. The van der Waals surface area contributed by atoms with Crippen molar-refractivity contribution in [1.29, 1.82) is 0 Å². The summed E-state index contributed by atoms with van der Waals surface area (Å²) in [6, 6.07) is 6.65. The minimum Gasteiger partial charge on any atom is -0.465 e. The number of amides is 1. The first-order valence-electron chi connectivity index (χ1n) is 6.29. The van der Waals surface area contributed by atoms with Crippen molar-refractivity contribution >= 4 is 17.6 Å². The second kappa shape index (κ2) is 7.53. The van der Waals surface area contributed by atoms with Crippen molar-refractivity contribution in [1.82, 2.24) is 0 Å². The molecule has 0 aliphatic heterocycles. The lowest BCUT2D eigenvalue weighted by Gasteiger charge is -2.12. The topological polar surface area (TPSA) is 81.4 Å². The van der Waals surface area contributed by atoms with Gasteiger partial charge in [-0.1, -0.05) is 19.4 Å². The molecular weight excluding hydrogens is 244 g/mol. The van der Waals surface area contributed by atoms with Crippen LogP contribution in [-0.4, -0.2) is 25.5 Å². The lowest BCUT2D eigenvalue weighted by molar-refractivity contribution is -0.117. The first-order valence-corrected chi connectivity index (χ1v) is 6.29. The third kappa shape index (κ3) is 4.71. The summed E-state index contributed by atoms with van der Waals surface area (Å²) in [5.41, 5.74) is 6.56. The van der Waals surface area contributed by atoms with Crippen molar-refractivity contribution in [2.75, 3.05) is 19.0 Å². The lowest BCUT2D eigenvalue weighted by atomic mass is 10.0. The summed E-state index contributed by atoms with van der Waals surface area (Å²) < 4.78 is 4.63. The highest BCUT2D eigenvalue weighted by Crippen LogP contribution is 2.13. The Morgan fingerprint density at radius 3 is 2.74 bits per heavy atom. The maximum atomic E-state index is 11.8. The molecule has 3 N–H and O–H groups in total. The minimum absolute atomic E-state index is 0.0979. The Hall–Kier alpha value is -1.88. The zero-order valence-electron chi connectivity index (χ0n) is 11.3. The van der Waals surface area contributed by atoms with E-state index < -0.39 is 5.97 Å². The van der Waals surface area contributed by atoms with E-state index in [0.717, 1.165) is 6.42 Å². The highest BCUT2D eigenvalue weighted by atomic mass is 16.5. The van der Waals surface area contributed by atoms with E-state index >= 15 is 0 Å². The number of anilines is 1. The summed E-state index contributed by atoms with van der Waals surface area (Å²) in [5, 5.41) is 2.76. The summed E-state index contributed by atoms with van der Waals surface area (Å²) in [7, 11) is 1.32. The fraction of sp³-hybridized carbons (Fsp3) is 0.429. The fourth-order valence-electron chi connectivity index (χ4n) is 1.71. The Kier molecular flexibility index (Phi) is 6.02. The van der Waals surface area contributed by atoms with Crippen LogP contribution in [-0.2, 0) is 9.53 Å². The third-order valence-corrected chi connectivity index (χ3v) is 2.95. The number of ether oxygens (including phenoxy) is 1. The van der Waals surface area contributed by atoms with Gasteiger partial charge >= 0.3 is 5.97 Å². The highest BCUT2D eigenvalue weighted by molar-refractivity contribution is 5.94.